The molecule has 0 radical (unpaired) electrons. The van der Waals surface area contributed by atoms with Gasteiger partial charge in [0.25, 0.3) is 0 Å². The molecule has 1 rings (SSSR count). The first-order valence-corrected chi connectivity index (χ1v) is 4.61. The molecule has 0 heterocycles. The van der Waals surface area contributed by atoms with Crippen LogP contribution >= 0.6 is 0 Å². The number of rotatable bonds is 4. The molecule has 0 aromatic heterocycles. The van der Waals surface area contributed by atoms with Gasteiger partial charge in [0.2, 0.25) is 0 Å². The van der Waals surface area contributed by atoms with Gasteiger partial charge < -0.3 is 9.84 Å². The lowest BCUT2D eigenvalue weighted by molar-refractivity contribution is -0.164. The maximum atomic E-state index is 12.9. The van der Waals surface area contributed by atoms with E-state index in [1.807, 2.05) is 0 Å². The van der Waals surface area contributed by atoms with Crippen molar-refractivity contribution in [2.75, 3.05) is 7.11 Å². The van der Waals surface area contributed by atoms with Crippen molar-refractivity contribution in [3.8, 4) is 5.75 Å². The van der Waals surface area contributed by atoms with Gasteiger partial charge in [-0.3, -0.25) is 0 Å². The van der Waals surface area contributed by atoms with Gasteiger partial charge in [-0.25, -0.2) is 4.79 Å². The minimum absolute atomic E-state index is 0.231. The first-order chi connectivity index (χ1) is 7.36. The largest absolute Gasteiger partial charge is 0.496 e. The van der Waals surface area contributed by atoms with Crippen LogP contribution in [0.2, 0.25) is 0 Å². The zero-order valence-electron chi connectivity index (χ0n) is 8.96. The molecule has 0 saturated heterocycles. The average molecular weight is 230 g/mol. The van der Waals surface area contributed by atoms with E-state index in [1.54, 1.807) is 13.0 Å². The maximum absolute atomic E-state index is 12.9. The van der Waals surface area contributed by atoms with E-state index in [0.717, 1.165) is 5.56 Å². The number of ether oxygens (including phenoxy) is 1. The van der Waals surface area contributed by atoms with Gasteiger partial charge in [-0.05, 0) is 24.1 Å². The summed E-state index contributed by atoms with van der Waals surface area (Å²) in [5.41, 5.74) is 1.04. The Morgan fingerprint density at radius 3 is 2.62 bits per heavy atom. The van der Waals surface area contributed by atoms with Crippen molar-refractivity contribution in [3.05, 3.63) is 29.3 Å². The standard InChI is InChI=1S/C11H12F2O3/c1-7-3-4-8(5-9(7)16-2)6-11(12,13)10(14)15/h3-5H,6H2,1-2H3,(H,14,15). The lowest BCUT2D eigenvalue weighted by Crippen LogP contribution is -2.30. The number of alkyl halides is 2. The highest BCUT2D eigenvalue weighted by atomic mass is 19.3. The molecule has 0 saturated carbocycles. The summed E-state index contributed by atoms with van der Waals surface area (Å²) < 4.78 is 30.8. The van der Waals surface area contributed by atoms with E-state index in [2.05, 4.69) is 0 Å². The third kappa shape index (κ3) is 2.68. The summed E-state index contributed by atoms with van der Waals surface area (Å²) in [6.07, 6.45) is -0.834. The zero-order chi connectivity index (χ0) is 12.3. The molecule has 0 bridgehead atoms. The predicted molar refractivity (Wildman–Crippen MR) is 54.0 cm³/mol. The zero-order valence-corrected chi connectivity index (χ0v) is 8.96. The Kier molecular flexibility index (Phi) is 3.47. The van der Waals surface area contributed by atoms with Crippen molar-refractivity contribution in [1.82, 2.24) is 0 Å². The minimum atomic E-state index is -3.75. The summed E-state index contributed by atoms with van der Waals surface area (Å²) in [5, 5.41) is 8.30. The third-order valence-electron chi connectivity index (χ3n) is 2.21. The fourth-order valence-electron chi connectivity index (χ4n) is 1.31. The quantitative estimate of drug-likeness (QED) is 0.863. The molecule has 0 aliphatic rings. The van der Waals surface area contributed by atoms with E-state index < -0.39 is 18.3 Å². The molecule has 16 heavy (non-hydrogen) atoms. The minimum Gasteiger partial charge on any atom is -0.496 e. The van der Waals surface area contributed by atoms with Crippen LogP contribution < -0.4 is 4.74 Å². The average Bonchev–Trinajstić information content (AvgIpc) is 2.20. The highest BCUT2D eigenvalue weighted by molar-refractivity contribution is 5.75. The molecule has 0 amide bonds. The van der Waals surface area contributed by atoms with Crippen molar-refractivity contribution >= 4 is 5.97 Å². The lowest BCUT2D eigenvalue weighted by Gasteiger charge is -2.12. The molecule has 3 nitrogen and oxygen atoms in total. The fraction of sp³-hybridized carbons (Fsp3) is 0.364. The van der Waals surface area contributed by atoms with Gasteiger partial charge in [0.1, 0.15) is 5.75 Å². The number of hydrogen-bond donors (Lipinski definition) is 1. The molecule has 0 atom stereocenters. The monoisotopic (exact) mass is 230 g/mol. The van der Waals surface area contributed by atoms with E-state index in [-0.39, 0.29) is 5.56 Å². The van der Waals surface area contributed by atoms with E-state index in [4.69, 9.17) is 9.84 Å². The Labute approximate surface area is 91.7 Å². The number of hydrogen-bond acceptors (Lipinski definition) is 2. The molecule has 0 aliphatic heterocycles. The molecular formula is C11H12F2O3. The van der Waals surface area contributed by atoms with Crippen LogP contribution in [-0.4, -0.2) is 24.1 Å². The van der Waals surface area contributed by atoms with Crippen molar-refractivity contribution in [1.29, 1.82) is 0 Å². The number of carboxylic acids is 1. The topological polar surface area (TPSA) is 46.5 Å². The van der Waals surface area contributed by atoms with Crippen molar-refractivity contribution in [2.24, 2.45) is 0 Å². The number of halogens is 2. The van der Waals surface area contributed by atoms with Gasteiger partial charge >= 0.3 is 11.9 Å². The number of aliphatic carboxylic acids is 1. The number of benzene rings is 1. The second kappa shape index (κ2) is 4.47. The van der Waals surface area contributed by atoms with E-state index in [0.29, 0.717) is 5.75 Å². The van der Waals surface area contributed by atoms with Crippen LogP contribution in [-0.2, 0) is 11.2 Å². The maximum Gasteiger partial charge on any atom is 0.374 e. The molecule has 5 heteroatoms. The van der Waals surface area contributed by atoms with Gasteiger partial charge in [-0.1, -0.05) is 12.1 Å². The molecule has 1 N–H and O–H groups in total. The second-order valence-corrected chi connectivity index (χ2v) is 3.49. The van der Waals surface area contributed by atoms with E-state index in [9.17, 15) is 13.6 Å². The Hall–Kier alpha value is -1.65. The summed E-state index contributed by atoms with van der Waals surface area (Å²) in [5.74, 6) is -5.40. The number of carboxylic acid groups (broad SMARTS) is 1. The van der Waals surface area contributed by atoms with E-state index >= 15 is 0 Å². The molecule has 0 fully saturated rings. The van der Waals surface area contributed by atoms with Crippen molar-refractivity contribution in [2.45, 2.75) is 19.3 Å². The Morgan fingerprint density at radius 2 is 2.12 bits per heavy atom. The molecule has 1 aromatic rings. The summed E-state index contributed by atoms with van der Waals surface area (Å²) in [6.45, 7) is 1.78. The smallest absolute Gasteiger partial charge is 0.374 e. The van der Waals surface area contributed by atoms with Crippen LogP contribution in [0, 0.1) is 6.92 Å². The summed E-state index contributed by atoms with van der Waals surface area (Å²) in [6, 6.07) is 4.51. The third-order valence-corrected chi connectivity index (χ3v) is 2.21. The van der Waals surface area contributed by atoms with Crippen LogP contribution in [0.5, 0.6) is 5.75 Å². The van der Waals surface area contributed by atoms with Gasteiger partial charge in [0.05, 0.1) is 7.11 Å². The molecular weight excluding hydrogens is 218 g/mol. The number of carbonyl (C=O) groups is 1. The Morgan fingerprint density at radius 1 is 1.50 bits per heavy atom. The van der Waals surface area contributed by atoms with Crippen LogP contribution in [0.3, 0.4) is 0 Å². The fourth-order valence-corrected chi connectivity index (χ4v) is 1.31. The SMILES string of the molecule is COc1cc(CC(F)(F)C(=O)O)ccc1C. The van der Waals surface area contributed by atoms with Gasteiger partial charge in [0, 0.05) is 6.42 Å². The predicted octanol–water partition coefficient (Wildman–Crippen LogP) is 2.27. The highest BCUT2D eigenvalue weighted by Crippen LogP contribution is 2.25. The van der Waals surface area contributed by atoms with Crippen LogP contribution in [0.4, 0.5) is 8.78 Å². The molecule has 0 aliphatic carbocycles. The highest BCUT2D eigenvalue weighted by Gasteiger charge is 2.38. The number of methoxy groups -OCH3 is 1. The second-order valence-electron chi connectivity index (χ2n) is 3.49. The summed E-state index contributed by atoms with van der Waals surface area (Å²) in [7, 11) is 1.43. The van der Waals surface area contributed by atoms with Gasteiger partial charge in [-0.15, -0.1) is 0 Å². The first kappa shape index (κ1) is 12.4. The normalized spacial score (nSPS) is 11.2. The Balaban J connectivity index is 2.94. The van der Waals surface area contributed by atoms with Gasteiger partial charge in [0.15, 0.2) is 0 Å². The van der Waals surface area contributed by atoms with Gasteiger partial charge in [-0.2, -0.15) is 8.78 Å². The van der Waals surface area contributed by atoms with Crippen LogP contribution in [0.15, 0.2) is 18.2 Å². The van der Waals surface area contributed by atoms with Crippen molar-refractivity contribution < 1.29 is 23.4 Å². The summed E-state index contributed by atoms with van der Waals surface area (Å²) >= 11 is 0. The van der Waals surface area contributed by atoms with Crippen LogP contribution in [0.25, 0.3) is 0 Å². The van der Waals surface area contributed by atoms with E-state index in [1.165, 1.54) is 19.2 Å². The molecule has 88 valence electrons. The van der Waals surface area contributed by atoms with Crippen LogP contribution in [0.1, 0.15) is 11.1 Å². The summed E-state index contributed by atoms with van der Waals surface area (Å²) in [4.78, 5) is 10.3. The first-order valence-electron chi connectivity index (χ1n) is 4.61. The molecule has 0 unspecified atom stereocenters. The Bertz CT molecular complexity index is 402. The molecule has 1 aromatic carbocycles. The number of aryl methyl sites for hydroxylation is 1. The lowest BCUT2D eigenvalue weighted by atomic mass is 10.0. The molecule has 0 spiro atoms. The van der Waals surface area contributed by atoms with Crippen molar-refractivity contribution in [3.63, 3.8) is 0 Å².